The topological polar surface area (TPSA) is 80.6 Å². The summed E-state index contributed by atoms with van der Waals surface area (Å²) in [4.78, 5) is 12.4. The third kappa shape index (κ3) is 3.16. The van der Waals surface area contributed by atoms with E-state index in [9.17, 15) is 4.79 Å². The summed E-state index contributed by atoms with van der Waals surface area (Å²) < 4.78 is 5.43. The van der Waals surface area contributed by atoms with Gasteiger partial charge in [-0.2, -0.15) is 5.10 Å². The first kappa shape index (κ1) is 15.4. The van der Waals surface area contributed by atoms with Crippen molar-refractivity contribution < 1.29 is 4.42 Å². The first-order valence-electron chi connectivity index (χ1n) is 6.61. The van der Waals surface area contributed by atoms with Gasteiger partial charge >= 0.3 is 0 Å². The lowest BCUT2D eigenvalue weighted by Gasteiger charge is -2.04. The molecule has 0 amide bonds. The van der Waals surface area contributed by atoms with Gasteiger partial charge in [-0.05, 0) is 30.3 Å². The number of rotatable bonds is 3. The van der Waals surface area contributed by atoms with Gasteiger partial charge in [-0.25, -0.2) is 0 Å². The van der Waals surface area contributed by atoms with Gasteiger partial charge in [0, 0.05) is 5.02 Å². The van der Waals surface area contributed by atoms with E-state index in [1.165, 1.54) is 6.21 Å². The summed E-state index contributed by atoms with van der Waals surface area (Å²) in [6.07, 6.45) is 1.30. The molecule has 3 aromatic rings. The van der Waals surface area contributed by atoms with Gasteiger partial charge in [-0.1, -0.05) is 35.3 Å². The number of para-hydroxylation sites is 1. The van der Waals surface area contributed by atoms with Crippen molar-refractivity contribution in [3.05, 3.63) is 68.3 Å². The Hall–Kier alpha value is -2.50. The van der Waals surface area contributed by atoms with E-state index in [4.69, 9.17) is 33.4 Å². The van der Waals surface area contributed by atoms with Crippen molar-refractivity contribution in [2.45, 2.75) is 0 Å². The molecule has 0 aliphatic carbocycles. The highest BCUT2D eigenvalue weighted by Gasteiger charge is 2.10. The molecule has 0 spiro atoms. The fourth-order valence-electron chi connectivity index (χ4n) is 2.05. The monoisotopic (exact) mass is 347 g/mol. The van der Waals surface area contributed by atoms with Crippen molar-refractivity contribution in [3.8, 4) is 0 Å². The summed E-state index contributed by atoms with van der Waals surface area (Å²) in [5, 5.41) is 5.38. The van der Waals surface area contributed by atoms with E-state index in [1.807, 2.05) is 0 Å². The second-order valence-corrected chi connectivity index (χ2v) is 5.54. The molecule has 1 heterocycles. The minimum atomic E-state index is -0.257. The maximum absolute atomic E-state index is 12.4. The molecule has 0 saturated heterocycles. The van der Waals surface area contributed by atoms with Crippen molar-refractivity contribution in [2.24, 2.45) is 5.10 Å². The van der Waals surface area contributed by atoms with Crippen LogP contribution in [0.5, 0.6) is 0 Å². The number of halogens is 2. The third-order valence-electron chi connectivity index (χ3n) is 3.17. The number of hydrazone groups is 1. The first-order valence-corrected chi connectivity index (χ1v) is 7.37. The standard InChI is InChI=1S/C16H11Cl2N3O2/c17-9-5-6-12(18)13(7-9)21-20-8-11-15(22)10-3-1-2-4-14(10)23-16(11)19/h1-8,21H,19H2/b20-8+. The Kier molecular flexibility index (Phi) is 4.23. The molecule has 5 nitrogen and oxygen atoms in total. The Balaban J connectivity index is 1.95. The van der Waals surface area contributed by atoms with Crippen LogP contribution in [0.3, 0.4) is 0 Å². The van der Waals surface area contributed by atoms with E-state index < -0.39 is 0 Å². The maximum atomic E-state index is 12.4. The SMILES string of the molecule is Nc1oc2ccccc2c(=O)c1/C=N/Nc1cc(Cl)ccc1Cl. The van der Waals surface area contributed by atoms with Crippen LogP contribution in [0.25, 0.3) is 11.0 Å². The van der Waals surface area contributed by atoms with E-state index in [0.717, 1.165) is 0 Å². The van der Waals surface area contributed by atoms with Gasteiger partial charge in [0.2, 0.25) is 11.3 Å². The highest BCUT2D eigenvalue weighted by atomic mass is 35.5. The van der Waals surface area contributed by atoms with Gasteiger partial charge in [0.1, 0.15) is 11.1 Å². The van der Waals surface area contributed by atoms with E-state index in [2.05, 4.69) is 10.5 Å². The number of hydrogen-bond donors (Lipinski definition) is 2. The summed E-state index contributed by atoms with van der Waals surface area (Å²) >= 11 is 11.9. The molecule has 116 valence electrons. The van der Waals surface area contributed by atoms with Crippen LogP contribution < -0.4 is 16.6 Å². The maximum Gasteiger partial charge on any atom is 0.203 e. The molecule has 0 atom stereocenters. The fourth-order valence-corrected chi connectivity index (χ4v) is 2.38. The van der Waals surface area contributed by atoms with Gasteiger partial charge in [0.05, 0.1) is 22.3 Å². The summed E-state index contributed by atoms with van der Waals surface area (Å²) in [5.74, 6) is -0.00330. The summed E-state index contributed by atoms with van der Waals surface area (Å²) in [7, 11) is 0. The smallest absolute Gasteiger partial charge is 0.203 e. The predicted octanol–water partition coefficient (Wildman–Crippen LogP) is 4.13. The van der Waals surface area contributed by atoms with Crippen LogP contribution in [-0.4, -0.2) is 6.21 Å². The van der Waals surface area contributed by atoms with Crippen LogP contribution in [-0.2, 0) is 0 Å². The Bertz CT molecular complexity index is 967. The highest BCUT2D eigenvalue weighted by molar-refractivity contribution is 6.35. The lowest BCUT2D eigenvalue weighted by Crippen LogP contribution is -2.12. The molecule has 0 radical (unpaired) electrons. The molecule has 0 bridgehead atoms. The molecule has 3 N–H and O–H groups in total. The Morgan fingerprint density at radius 2 is 1.96 bits per heavy atom. The normalized spacial score (nSPS) is 11.2. The average molecular weight is 348 g/mol. The number of fused-ring (bicyclic) bond motifs is 1. The van der Waals surface area contributed by atoms with Crippen molar-refractivity contribution in [1.29, 1.82) is 0 Å². The minimum Gasteiger partial charge on any atom is -0.440 e. The van der Waals surface area contributed by atoms with Crippen molar-refractivity contribution in [1.82, 2.24) is 0 Å². The molecule has 0 unspecified atom stereocenters. The summed E-state index contributed by atoms with van der Waals surface area (Å²) in [6.45, 7) is 0. The highest BCUT2D eigenvalue weighted by Crippen LogP contribution is 2.25. The third-order valence-corrected chi connectivity index (χ3v) is 3.73. The molecule has 23 heavy (non-hydrogen) atoms. The van der Waals surface area contributed by atoms with Gasteiger partial charge in [0.15, 0.2) is 0 Å². The zero-order chi connectivity index (χ0) is 16.4. The van der Waals surface area contributed by atoms with Crippen LogP contribution in [0.15, 0.2) is 56.8 Å². The summed E-state index contributed by atoms with van der Waals surface area (Å²) in [6, 6.07) is 11.8. The van der Waals surface area contributed by atoms with Crippen LogP contribution in [0.4, 0.5) is 11.6 Å². The predicted molar refractivity (Wildman–Crippen MR) is 94.6 cm³/mol. The average Bonchev–Trinajstić information content (AvgIpc) is 2.53. The van der Waals surface area contributed by atoms with Crippen LogP contribution in [0.2, 0.25) is 10.0 Å². The van der Waals surface area contributed by atoms with Crippen LogP contribution >= 0.6 is 23.2 Å². The molecular formula is C16H11Cl2N3O2. The van der Waals surface area contributed by atoms with Gasteiger partial charge in [-0.15, -0.1) is 0 Å². The van der Waals surface area contributed by atoms with Crippen molar-refractivity contribution in [3.63, 3.8) is 0 Å². The fraction of sp³-hybridized carbons (Fsp3) is 0. The molecule has 0 saturated carbocycles. The Morgan fingerprint density at radius 1 is 1.17 bits per heavy atom. The Morgan fingerprint density at radius 3 is 2.78 bits per heavy atom. The number of benzene rings is 2. The van der Waals surface area contributed by atoms with Crippen LogP contribution in [0.1, 0.15) is 5.56 Å². The van der Waals surface area contributed by atoms with E-state index in [0.29, 0.717) is 26.7 Å². The Labute approximate surface area is 141 Å². The number of nitrogens with zero attached hydrogens (tertiary/aromatic N) is 1. The largest absolute Gasteiger partial charge is 0.440 e. The lowest BCUT2D eigenvalue weighted by molar-refractivity contribution is 0.624. The van der Waals surface area contributed by atoms with Gasteiger partial charge < -0.3 is 10.2 Å². The van der Waals surface area contributed by atoms with E-state index >= 15 is 0 Å². The molecule has 0 aliphatic rings. The quantitative estimate of drug-likeness (QED) is 0.551. The summed E-state index contributed by atoms with van der Waals surface area (Å²) in [5.41, 5.74) is 9.36. The van der Waals surface area contributed by atoms with Gasteiger partial charge in [0.25, 0.3) is 0 Å². The molecule has 0 fully saturated rings. The molecule has 1 aromatic heterocycles. The van der Waals surface area contributed by atoms with Gasteiger partial charge in [-0.3, -0.25) is 10.2 Å². The molecule has 0 aliphatic heterocycles. The molecule has 2 aromatic carbocycles. The number of nitrogens with two attached hydrogens (primary N) is 1. The van der Waals surface area contributed by atoms with Crippen LogP contribution in [0, 0.1) is 0 Å². The van der Waals surface area contributed by atoms with Crippen molar-refractivity contribution in [2.75, 3.05) is 11.2 Å². The number of nitrogens with one attached hydrogen (secondary N) is 1. The second kappa shape index (κ2) is 6.32. The second-order valence-electron chi connectivity index (χ2n) is 4.70. The van der Waals surface area contributed by atoms with E-state index in [-0.39, 0.29) is 16.9 Å². The van der Waals surface area contributed by atoms with Crippen molar-refractivity contribution >= 4 is 52.0 Å². The number of nitrogen functional groups attached to an aromatic ring is 1. The first-order chi connectivity index (χ1) is 11.1. The van der Waals surface area contributed by atoms with E-state index in [1.54, 1.807) is 42.5 Å². The molecule has 7 heteroatoms. The number of hydrogen-bond acceptors (Lipinski definition) is 5. The molecular weight excluding hydrogens is 337 g/mol. The zero-order valence-corrected chi connectivity index (χ0v) is 13.2. The number of anilines is 2. The minimum absolute atomic E-state index is 0.00330. The molecule has 3 rings (SSSR count). The lowest BCUT2D eigenvalue weighted by atomic mass is 10.2. The zero-order valence-electron chi connectivity index (χ0n) is 11.7.